The second-order valence-corrected chi connectivity index (χ2v) is 4.40. The fourth-order valence-corrected chi connectivity index (χ4v) is 1.45. The van der Waals surface area contributed by atoms with E-state index in [4.69, 9.17) is 9.84 Å². The summed E-state index contributed by atoms with van der Waals surface area (Å²) in [7, 11) is 0. The van der Waals surface area contributed by atoms with Gasteiger partial charge < -0.3 is 15.2 Å². The van der Waals surface area contributed by atoms with Gasteiger partial charge in [0.25, 0.3) is 0 Å². The second-order valence-electron chi connectivity index (χ2n) is 4.40. The summed E-state index contributed by atoms with van der Waals surface area (Å²) >= 11 is 0. The predicted molar refractivity (Wildman–Crippen MR) is 72.4 cm³/mol. The van der Waals surface area contributed by atoms with Gasteiger partial charge in [-0.25, -0.2) is 9.78 Å². The fraction of sp³-hybridized carbons (Fsp3) is 0.462. The summed E-state index contributed by atoms with van der Waals surface area (Å²) in [5, 5.41) is 11.8. The smallest absolute Gasteiger partial charge is 0.326 e. The Morgan fingerprint density at radius 2 is 2.26 bits per heavy atom. The number of carboxylic acid groups (broad SMARTS) is 1. The first-order valence-corrected chi connectivity index (χ1v) is 6.05. The van der Waals surface area contributed by atoms with Gasteiger partial charge >= 0.3 is 5.97 Å². The SMILES string of the molecule is C=CCC(Nc1nc(C)cc(OC(C)C)n1)C(=O)O. The molecule has 1 aromatic rings. The van der Waals surface area contributed by atoms with Crippen molar-refractivity contribution in [2.24, 2.45) is 0 Å². The van der Waals surface area contributed by atoms with Crippen LogP contribution < -0.4 is 10.1 Å². The number of rotatable bonds is 7. The molecule has 1 atom stereocenters. The zero-order chi connectivity index (χ0) is 14.4. The van der Waals surface area contributed by atoms with E-state index in [2.05, 4.69) is 21.9 Å². The van der Waals surface area contributed by atoms with Crippen molar-refractivity contribution in [3.63, 3.8) is 0 Å². The van der Waals surface area contributed by atoms with Crippen LogP contribution in [0, 0.1) is 6.92 Å². The Labute approximate surface area is 112 Å². The van der Waals surface area contributed by atoms with Crippen molar-refractivity contribution in [3.05, 3.63) is 24.4 Å². The maximum atomic E-state index is 11.0. The van der Waals surface area contributed by atoms with Crippen molar-refractivity contribution in [2.75, 3.05) is 5.32 Å². The molecule has 0 saturated heterocycles. The van der Waals surface area contributed by atoms with Gasteiger partial charge in [0.1, 0.15) is 6.04 Å². The number of nitrogens with one attached hydrogen (secondary N) is 1. The Balaban J connectivity index is 2.90. The number of hydrogen-bond donors (Lipinski definition) is 2. The zero-order valence-corrected chi connectivity index (χ0v) is 11.4. The number of aliphatic carboxylic acids is 1. The van der Waals surface area contributed by atoms with Gasteiger partial charge in [-0.15, -0.1) is 6.58 Å². The van der Waals surface area contributed by atoms with Crippen LogP contribution in [-0.4, -0.2) is 33.2 Å². The largest absolute Gasteiger partial charge is 0.480 e. The normalized spacial score (nSPS) is 12.0. The number of anilines is 1. The Morgan fingerprint density at radius 3 is 2.79 bits per heavy atom. The third-order valence-electron chi connectivity index (χ3n) is 2.19. The van der Waals surface area contributed by atoms with E-state index in [1.807, 2.05) is 13.8 Å². The molecule has 0 aromatic carbocycles. The van der Waals surface area contributed by atoms with Crippen LogP contribution in [0.15, 0.2) is 18.7 Å². The van der Waals surface area contributed by atoms with E-state index >= 15 is 0 Å². The molecule has 0 aliphatic heterocycles. The molecule has 6 heteroatoms. The van der Waals surface area contributed by atoms with Crippen molar-refractivity contribution in [1.82, 2.24) is 9.97 Å². The van der Waals surface area contributed by atoms with Crippen molar-refractivity contribution >= 4 is 11.9 Å². The molecule has 1 unspecified atom stereocenters. The van der Waals surface area contributed by atoms with E-state index < -0.39 is 12.0 Å². The van der Waals surface area contributed by atoms with Crippen LogP contribution in [0.25, 0.3) is 0 Å². The molecule has 1 heterocycles. The molecule has 1 rings (SSSR count). The molecular weight excluding hydrogens is 246 g/mol. The van der Waals surface area contributed by atoms with Crippen LogP contribution in [0.1, 0.15) is 26.0 Å². The molecule has 0 fully saturated rings. The van der Waals surface area contributed by atoms with Crippen molar-refractivity contribution in [3.8, 4) is 5.88 Å². The van der Waals surface area contributed by atoms with Crippen LogP contribution in [0.2, 0.25) is 0 Å². The lowest BCUT2D eigenvalue weighted by atomic mass is 10.2. The quantitative estimate of drug-likeness (QED) is 0.734. The summed E-state index contributed by atoms with van der Waals surface area (Å²) in [6.45, 7) is 9.11. The number of ether oxygens (including phenoxy) is 1. The fourth-order valence-electron chi connectivity index (χ4n) is 1.45. The molecule has 104 valence electrons. The van der Waals surface area contributed by atoms with Crippen molar-refractivity contribution in [2.45, 2.75) is 39.3 Å². The summed E-state index contributed by atoms with van der Waals surface area (Å²) in [4.78, 5) is 19.3. The molecule has 6 nitrogen and oxygen atoms in total. The Kier molecular flexibility index (Phi) is 5.29. The summed E-state index contributed by atoms with van der Waals surface area (Å²) in [5.74, 6) is -0.311. The first-order valence-electron chi connectivity index (χ1n) is 6.05. The number of aryl methyl sites for hydroxylation is 1. The minimum atomic E-state index is -0.976. The van der Waals surface area contributed by atoms with Gasteiger partial charge in [-0.1, -0.05) is 6.08 Å². The minimum absolute atomic E-state index is 0.00871. The molecule has 1 aromatic heterocycles. The van der Waals surface area contributed by atoms with Crippen molar-refractivity contribution < 1.29 is 14.6 Å². The Bertz CT molecular complexity index is 460. The third-order valence-corrected chi connectivity index (χ3v) is 2.19. The number of nitrogens with zero attached hydrogens (tertiary/aromatic N) is 2. The number of aromatic nitrogens is 2. The number of carboxylic acids is 1. The molecule has 0 saturated carbocycles. The molecule has 0 radical (unpaired) electrons. The first kappa shape index (κ1) is 14.9. The molecule has 0 aliphatic rings. The third kappa shape index (κ3) is 4.95. The van der Waals surface area contributed by atoms with Crippen LogP contribution in [-0.2, 0) is 4.79 Å². The highest BCUT2D eigenvalue weighted by Crippen LogP contribution is 2.14. The maximum Gasteiger partial charge on any atom is 0.326 e. The van der Waals surface area contributed by atoms with Gasteiger partial charge in [-0.05, 0) is 27.2 Å². The van der Waals surface area contributed by atoms with E-state index in [9.17, 15) is 4.79 Å². The average Bonchev–Trinajstić information content (AvgIpc) is 2.26. The lowest BCUT2D eigenvalue weighted by Gasteiger charge is -2.14. The lowest BCUT2D eigenvalue weighted by molar-refractivity contribution is -0.137. The summed E-state index contributed by atoms with van der Waals surface area (Å²) in [6.07, 6.45) is 1.81. The number of hydrogen-bond acceptors (Lipinski definition) is 5. The lowest BCUT2D eigenvalue weighted by Crippen LogP contribution is -2.29. The summed E-state index contributed by atoms with van der Waals surface area (Å²) in [5.41, 5.74) is 0.705. The van der Waals surface area contributed by atoms with E-state index in [0.29, 0.717) is 11.6 Å². The monoisotopic (exact) mass is 265 g/mol. The zero-order valence-electron chi connectivity index (χ0n) is 11.4. The molecule has 0 amide bonds. The highest BCUT2D eigenvalue weighted by Gasteiger charge is 2.17. The molecule has 0 aliphatic carbocycles. The maximum absolute atomic E-state index is 11.0. The van der Waals surface area contributed by atoms with Gasteiger partial charge in [0, 0.05) is 11.8 Å². The summed E-state index contributed by atoms with van der Waals surface area (Å²) < 4.78 is 5.48. The highest BCUT2D eigenvalue weighted by molar-refractivity contribution is 5.76. The van der Waals surface area contributed by atoms with Crippen LogP contribution in [0.4, 0.5) is 5.95 Å². The van der Waals surface area contributed by atoms with Crippen LogP contribution in [0.3, 0.4) is 0 Å². The Hall–Kier alpha value is -2.11. The van der Waals surface area contributed by atoms with E-state index in [0.717, 1.165) is 0 Å². The minimum Gasteiger partial charge on any atom is -0.480 e. The number of carbonyl (C=O) groups is 1. The average molecular weight is 265 g/mol. The summed E-state index contributed by atoms with van der Waals surface area (Å²) in [6, 6.07) is 0.903. The second kappa shape index (κ2) is 6.72. The topological polar surface area (TPSA) is 84.3 Å². The van der Waals surface area contributed by atoms with Crippen LogP contribution >= 0.6 is 0 Å². The van der Waals surface area contributed by atoms with Crippen LogP contribution in [0.5, 0.6) is 5.88 Å². The van der Waals surface area contributed by atoms with Gasteiger partial charge in [0.15, 0.2) is 0 Å². The van der Waals surface area contributed by atoms with E-state index in [-0.39, 0.29) is 18.5 Å². The van der Waals surface area contributed by atoms with Gasteiger partial charge in [0.05, 0.1) is 6.10 Å². The highest BCUT2D eigenvalue weighted by atomic mass is 16.5. The molecule has 2 N–H and O–H groups in total. The molecule has 19 heavy (non-hydrogen) atoms. The molecular formula is C13H19N3O3. The first-order chi connectivity index (χ1) is 8.92. The molecule has 0 bridgehead atoms. The van der Waals surface area contributed by atoms with E-state index in [1.54, 1.807) is 13.0 Å². The van der Waals surface area contributed by atoms with Gasteiger partial charge in [-0.2, -0.15) is 4.98 Å². The standard InChI is InChI=1S/C13H19N3O3/c1-5-6-10(12(17)18)15-13-14-9(4)7-11(16-13)19-8(2)3/h5,7-8,10H,1,6H2,2-4H3,(H,17,18)(H,14,15,16). The van der Waals surface area contributed by atoms with Crippen molar-refractivity contribution in [1.29, 1.82) is 0 Å². The van der Waals surface area contributed by atoms with Gasteiger partial charge in [0.2, 0.25) is 11.8 Å². The van der Waals surface area contributed by atoms with E-state index in [1.165, 1.54) is 6.08 Å². The predicted octanol–water partition coefficient (Wildman–Crippen LogP) is 2.01. The molecule has 0 spiro atoms. The van der Waals surface area contributed by atoms with Gasteiger partial charge in [-0.3, -0.25) is 0 Å². The Morgan fingerprint density at radius 1 is 1.58 bits per heavy atom.